The van der Waals surface area contributed by atoms with E-state index in [-0.39, 0.29) is 5.41 Å². The van der Waals surface area contributed by atoms with Gasteiger partial charge in [-0.15, -0.1) is 0 Å². The summed E-state index contributed by atoms with van der Waals surface area (Å²) in [6, 6.07) is 19.6. The summed E-state index contributed by atoms with van der Waals surface area (Å²) in [5, 5.41) is 21.6. The van der Waals surface area contributed by atoms with Gasteiger partial charge in [-0.25, -0.2) is 0 Å². The van der Waals surface area contributed by atoms with E-state index in [1.165, 1.54) is 5.56 Å². The molecule has 0 aliphatic rings. The normalized spacial score (nSPS) is 10.5. The molecule has 0 aliphatic carbocycles. The molecule has 0 bridgehead atoms. The van der Waals surface area contributed by atoms with Crippen molar-refractivity contribution in [2.45, 2.75) is 19.3 Å². The molecule has 0 atom stereocenters. The van der Waals surface area contributed by atoms with Gasteiger partial charge in [-0.2, -0.15) is 10.5 Å². The van der Waals surface area contributed by atoms with Gasteiger partial charge in [0.15, 0.2) is 0 Å². The van der Waals surface area contributed by atoms with Crippen LogP contribution in [0.2, 0.25) is 0 Å². The van der Waals surface area contributed by atoms with E-state index in [9.17, 15) is 10.5 Å². The Morgan fingerprint density at radius 1 is 0.905 bits per heavy atom. The lowest BCUT2D eigenvalue weighted by Gasteiger charge is -2.26. The van der Waals surface area contributed by atoms with Gasteiger partial charge in [0.25, 0.3) is 0 Å². The number of hydrogen-bond acceptors (Lipinski definition) is 3. The Morgan fingerprint density at radius 2 is 1.48 bits per heavy atom. The topological polar surface area (TPSA) is 59.6 Å². The Bertz CT molecular complexity index is 671. The third kappa shape index (κ3) is 3.22. The van der Waals surface area contributed by atoms with E-state index in [1.54, 1.807) is 18.2 Å². The molecule has 0 spiro atoms. The number of hydrogen-bond donors (Lipinski definition) is 1. The summed E-state index contributed by atoms with van der Waals surface area (Å²) in [7, 11) is 0. The van der Waals surface area contributed by atoms with Crippen molar-refractivity contribution in [3.8, 4) is 12.1 Å². The minimum absolute atomic E-state index is 0.101. The molecular formula is C18H17N3. The van der Waals surface area contributed by atoms with Crippen LogP contribution in [0, 0.1) is 22.7 Å². The number of para-hydroxylation sites is 1. The van der Waals surface area contributed by atoms with Crippen molar-refractivity contribution in [1.82, 2.24) is 0 Å². The van der Waals surface area contributed by atoms with Gasteiger partial charge in [0.2, 0.25) is 0 Å². The fraction of sp³-hybridized carbons (Fsp3) is 0.222. The number of anilines is 1. The monoisotopic (exact) mass is 275 g/mol. The van der Waals surface area contributed by atoms with Crippen molar-refractivity contribution in [3.05, 3.63) is 65.2 Å². The number of nitrogens with one attached hydrogen (secondary N) is 1. The van der Waals surface area contributed by atoms with Crippen LogP contribution < -0.4 is 5.32 Å². The molecule has 2 rings (SSSR count). The molecule has 0 saturated carbocycles. The van der Waals surface area contributed by atoms with Crippen LogP contribution in [0.15, 0.2) is 48.5 Å². The molecule has 0 saturated heterocycles. The number of benzene rings is 2. The van der Waals surface area contributed by atoms with Crippen LogP contribution in [0.3, 0.4) is 0 Å². The van der Waals surface area contributed by atoms with Crippen molar-refractivity contribution < 1.29 is 0 Å². The molecule has 0 heterocycles. The van der Waals surface area contributed by atoms with E-state index in [0.29, 0.717) is 23.4 Å². The Hall–Kier alpha value is -2.78. The number of rotatable bonds is 4. The van der Waals surface area contributed by atoms with Crippen LogP contribution in [0.25, 0.3) is 0 Å². The van der Waals surface area contributed by atoms with E-state index >= 15 is 0 Å². The molecule has 104 valence electrons. The highest BCUT2D eigenvalue weighted by molar-refractivity contribution is 5.66. The zero-order chi connectivity index (χ0) is 15.3. The Morgan fingerprint density at radius 3 is 2.00 bits per heavy atom. The highest BCUT2D eigenvalue weighted by Crippen LogP contribution is 2.26. The third-order valence-electron chi connectivity index (χ3n) is 3.57. The Balaban J connectivity index is 2.25. The van der Waals surface area contributed by atoms with Crippen LogP contribution >= 0.6 is 0 Å². The lowest BCUT2D eigenvalue weighted by atomic mass is 9.84. The predicted molar refractivity (Wildman–Crippen MR) is 83.8 cm³/mol. The Kier molecular flexibility index (Phi) is 4.26. The maximum absolute atomic E-state index is 9.19. The summed E-state index contributed by atoms with van der Waals surface area (Å²) >= 11 is 0. The van der Waals surface area contributed by atoms with Crippen molar-refractivity contribution in [1.29, 1.82) is 10.5 Å². The van der Waals surface area contributed by atoms with Gasteiger partial charge in [0.1, 0.15) is 12.1 Å². The first-order valence-electron chi connectivity index (χ1n) is 6.81. The van der Waals surface area contributed by atoms with Gasteiger partial charge in [-0.1, -0.05) is 50.2 Å². The van der Waals surface area contributed by atoms with Gasteiger partial charge < -0.3 is 5.32 Å². The fourth-order valence-corrected chi connectivity index (χ4v) is 2.23. The molecule has 0 unspecified atom stereocenters. The SMILES string of the molecule is CC(C)(CNc1c(C#N)cccc1C#N)c1ccccc1. The van der Waals surface area contributed by atoms with Gasteiger partial charge in [-0.3, -0.25) is 0 Å². The summed E-state index contributed by atoms with van der Waals surface area (Å²) in [4.78, 5) is 0. The standard InChI is InChI=1S/C18H17N3/c1-18(2,16-9-4-3-5-10-16)13-21-17-14(11-19)7-6-8-15(17)12-20/h3-10,21H,13H2,1-2H3. The quantitative estimate of drug-likeness (QED) is 0.922. The molecule has 3 nitrogen and oxygen atoms in total. The van der Waals surface area contributed by atoms with Crippen molar-refractivity contribution >= 4 is 5.69 Å². The lowest BCUT2D eigenvalue weighted by Crippen LogP contribution is -2.28. The van der Waals surface area contributed by atoms with Crippen LogP contribution in [-0.4, -0.2) is 6.54 Å². The van der Waals surface area contributed by atoms with Crippen molar-refractivity contribution in [2.75, 3.05) is 11.9 Å². The maximum Gasteiger partial charge on any atom is 0.101 e. The summed E-state index contributed by atoms with van der Waals surface area (Å²) in [6.45, 7) is 4.91. The Labute approximate surface area is 125 Å². The first-order chi connectivity index (χ1) is 10.1. The molecule has 2 aromatic carbocycles. The van der Waals surface area contributed by atoms with Gasteiger partial charge in [0, 0.05) is 12.0 Å². The third-order valence-corrected chi connectivity index (χ3v) is 3.57. The molecular weight excluding hydrogens is 258 g/mol. The molecule has 0 aliphatic heterocycles. The average Bonchev–Trinajstić information content (AvgIpc) is 2.53. The fourth-order valence-electron chi connectivity index (χ4n) is 2.23. The second-order valence-corrected chi connectivity index (χ2v) is 5.56. The molecule has 3 heteroatoms. The molecule has 1 N–H and O–H groups in total. The molecule has 0 aromatic heterocycles. The zero-order valence-corrected chi connectivity index (χ0v) is 12.2. The van der Waals surface area contributed by atoms with Crippen LogP contribution in [0.5, 0.6) is 0 Å². The molecule has 0 radical (unpaired) electrons. The predicted octanol–water partition coefficient (Wildman–Crippen LogP) is 3.82. The molecule has 2 aromatic rings. The van der Waals surface area contributed by atoms with Gasteiger partial charge in [-0.05, 0) is 17.7 Å². The van der Waals surface area contributed by atoms with E-state index in [2.05, 4.69) is 43.4 Å². The highest BCUT2D eigenvalue weighted by Gasteiger charge is 2.21. The largest absolute Gasteiger partial charge is 0.382 e. The second kappa shape index (κ2) is 6.11. The molecule has 21 heavy (non-hydrogen) atoms. The first-order valence-corrected chi connectivity index (χ1v) is 6.81. The van der Waals surface area contributed by atoms with Crippen molar-refractivity contribution in [2.24, 2.45) is 0 Å². The first kappa shape index (κ1) is 14.6. The summed E-state index contributed by atoms with van der Waals surface area (Å²) in [5.74, 6) is 0. The minimum atomic E-state index is -0.101. The van der Waals surface area contributed by atoms with Gasteiger partial charge >= 0.3 is 0 Å². The van der Waals surface area contributed by atoms with E-state index in [4.69, 9.17) is 0 Å². The minimum Gasteiger partial charge on any atom is -0.382 e. The van der Waals surface area contributed by atoms with E-state index in [0.717, 1.165) is 0 Å². The highest BCUT2D eigenvalue weighted by atomic mass is 14.9. The summed E-state index contributed by atoms with van der Waals surface area (Å²) in [6.07, 6.45) is 0. The van der Waals surface area contributed by atoms with Crippen LogP contribution in [0.4, 0.5) is 5.69 Å². The van der Waals surface area contributed by atoms with E-state index < -0.39 is 0 Å². The molecule has 0 fully saturated rings. The van der Waals surface area contributed by atoms with Crippen LogP contribution in [-0.2, 0) is 5.41 Å². The zero-order valence-electron chi connectivity index (χ0n) is 12.2. The lowest BCUT2D eigenvalue weighted by molar-refractivity contribution is 0.557. The smallest absolute Gasteiger partial charge is 0.101 e. The van der Waals surface area contributed by atoms with E-state index in [1.807, 2.05) is 18.2 Å². The second-order valence-electron chi connectivity index (χ2n) is 5.56. The maximum atomic E-state index is 9.19. The summed E-state index contributed by atoms with van der Waals surface area (Å²) < 4.78 is 0. The molecule has 0 amide bonds. The number of nitrogens with zero attached hydrogens (tertiary/aromatic N) is 2. The number of nitriles is 2. The van der Waals surface area contributed by atoms with Crippen LogP contribution in [0.1, 0.15) is 30.5 Å². The summed E-state index contributed by atoms with van der Waals surface area (Å²) in [5.41, 5.74) is 2.73. The average molecular weight is 275 g/mol. The van der Waals surface area contributed by atoms with Gasteiger partial charge in [0.05, 0.1) is 16.8 Å². The van der Waals surface area contributed by atoms with Crippen molar-refractivity contribution in [3.63, 3.8) is 0 Å².